The predicted octanol–water partition coefficient (Wildman–Crippen LogP) is 2.16. The molecule has 0 aromatic carbocycles. The predicted molar refractivity (Wildman–Crippen MR) is 52.9 cm³/mol. The number of hydrogen-bond acceptors (Lipinski definition) is 2. The summed E-state index contributed by atoms with van der Waals surface area (Å²) in [7, 11) is 0. The highest BCUT2D eigenvalue weighted by Crippen LogP contribution is 2.19. The highest BCUT2D eigenvalue weighted by atomic mass is 15.5. The van der Waals surface area contributed by atoms with E-state index in [9.17, 15) is 0 Å². The first kappa shape index (κ1) is 10.0. The fraction of sp³-hybridized carbons (Fsp3) is 1.00. The summed E-state index contributed by atoms with van der Waals surface area (Å²) in [5, 5.41) is 2.44. The second kappa shape index (κ2) is 4.83. The molecule has 1 rings (SSSR count). The topological polar surface area (TPSA) is 15.3 Å². The Bertz CT molecular complexity index is 115. The van der Waals surface area contributed by atoms with Crippen molar-refractivity contribution in [2.45, 2.75) is 58.5 Å². The van der Waals surface area contributed by atoms with Crippen molar-refractivity contribution in [3.05, 3.63) is 0 Å². The molecule has 12 heavy (non-hydrogen) atoms. The molecule has 0 aliphatic carbocycles. The van der Waals surface area contributed by atoms with E-state index in [0.717, 1.165) is 18.6 Å². The first-order chi connectivity index (χ1) is 5.75. The third kappa shape index (κ3) is 2.46. The maximum Gasteiger partial charge on any atom is 0.0218 e. The van der Waals surface area contributed by atoms with Gasteiger partial charge in [0.05, 0.1) is 0 Å². The van der Waals surface area contributed by atoms with Gasteiger partial charge in [0.25, 0.3) is 0 Å². The Balaban J connectivity index is 2.34. The summed E-state index contributed by atoms with van der Waals surface area (Å²) in [5.74, 6) is 0. The minimum atomic E-state index is 0.722. The molecule has 0 spiro atoms. The van der Waals surface area contributed by atoms with Crippen LogP contribution in [-0.2, 0) is 0 Å². The molecule has 2 unspecified atom stereocenters. The van der Waals surface area contributed by atoms with Gasteiger partial charge in [-0.15, -0.1) is 0 Å². The molecule has 0 aromatic rings. The van der Waals surface area contributed by atoms with Gasteiger partial charge in [0.2, 0.25) is 0 Å². The third-order valence-corrected chi connectivity index (χ3v) is 2.74. The maximum absolute atomic E-state index is 3.50. The normalized spacial score (nSPS) is 32.2. The number of hydrazine groups is 1. The van der Waals surface area contributed by atoms with E-state index in [2.05, 4.69) is 31.2 Å². The molecule has 0 radical (unpaired) electrons. The van der Waals surface area contributed by atoms with Crippen molar-refractivity contribution in [3.63, 3.8) is 0 Å². The molecule has 0 aromatic heterocycles. The fourth-order valence-corrected chi connectivity index (χ4v) is 1.97. The van der Waals surface area contributed by atoms with Gasteiger partial charge >= 0.3 is 0 Å². The summed E-state index contributed by atoms with van der Waals surface area (Å²) in [6, 6.07) is 1.44. The van der Waals surface area contributed by atoms with E-state index in [4.69, 9.17) is 0 Å². The van der Waals surface area contributed by atoms with Crippen LogP contribution >= 0.6 is 0 Å². The van der Waals surface area contributed by atoms with Crippen molar-refractivity contribution in [3.8, 4) is 0 Å². The lowest BCUT2D eigenvalue weighted by molar-refractivity contribution is 0.0467. The summed E-state index contributed by atoms with van der Waals surface area (Å²) >= 11 is 0. The molecule has 1 N–H and O–H groups in total. The van der Waals surface area contributed by atoms with Gasteiger partial charge in [-0.3, -0.25) is 5.43 Å². The summed E-state index contributed by atoms with van der Waals surface area (Å²) in [5.41, 5.74) is 3.50. The monoisotopic (exact) mass is 170 g/mol. The van der Waals surface area contributed by atoms with E-state index in [-0.39, 0.29) is 0 Å². The zero-order chi connectivity index (χ0) is 8.97. The zero-order valence-corrected chi connectivity index (χ0v) is 8.64. The molecule has 1 fully saturated rings. The number of rotatable bonds is 3. The van der Waals surface area contributed by atoms with Gasteiger partial charge in [0.15, 0.2) is 0 Å². The average Bonchev–Trinajstić information content (AvgIpc) is 2.04. The van der Waals surface area contributed by atoms with E-state index in [1.807, 2.05) is 0 Å². The molecule has 2 heteroatoms. The van der Waals surface area contributed by atoms with E-state index >= 15 is 0 Å². The summed E-state index contributed by atoms with van der Waals surface area (Å²) in [4.78, 5) is 0. The maximum atomic E-state index is 3.50. The minimum absolute atomic E-state index is 0.722. The highest BCUT2D eigenvalue weighted by molar-refractivity contribution is 4.76. The van der Waals surface area contributed by atoms with Gasteiger partial charge in [0.1, 0.15) is 0 Å². The van der Waals surface area contributed by atoms with Crippen LogP contribution in [0.1, 0.15) is 46.5 Å². The fourth-order valence-electron chi connectivity index (χ4n) is 1.97. The molecule has 1 aliphatic heterocycles. The van der Waals surface area contributed by atoms with Gasteiger partial charge in [0, 0.05) is 18.6 Å². The van der Waals surface area contributed by atoms with Crippen molar-refractivity contribution in [1.29, 1.82) is 0 Å². The van der Waals surface area contributed by atoms with Crippen molar-refractivity contribution < 1.29 is 0 Å². The third-order valence-electron chi connectivity index (χ3n) is 2.74. The van der Waals surface area contributed by atoms with Crippen LogP contribution in [0.4, 0.5) is 0 Å². The van der Waals surface area contributed by atoms with Crippen LogP contribution in [-0.4, -0.2) is 23.6 Å². The van der Waals surface area contributed by atoms with Gasteiger partial charge in [-0.05, 0) is 33.1 Å². The molecule has 1 heterocycles. The summed E-state index contributed by atoms with van der Waals surface area (Å²) in [6.07, 6.45) is 5.31. The highest BCUT2D eigenvalue weighted by Gasteiger charge is 2.23. The molecule has 72 valence electrons. The van der Waals surface area contributed by atoms with Gasteiger partial charge in [-0.2, -0.15) is 0 Å². The number of nitrogens with zero attached hydrogens (tertiary/aromatic N) is 1. The molecular weight excluding hydrogens is 148 g/mol. The van der Waals surface area contributed by atoms with Crippen molar-refractivity contribution in [1.82, 2.24) is 10.4 Å². The van der Waals surface area contributed by atoms with E-state index in [0.29, 0.717) is 0 Å². The van der Waals surface area contributed by atoms with Crippen molar-refractivity contribution in [2.24, 2.45) is 0 Å². The van der Waals surface area contributed by atoms with Gasteiger partial charge in [-0.25, -0.2) is 5.01 Å². The van der Waals surface area contributed by atoms with E-state index < -0.39 is 0 Å². The number of nitrogens with one attached hydrogen (secondary N) is 1. The second-order valence-electron chi connectivity index (χ2n) is 3.94. The average molecular weight is 170 g/mol. The molecule has 0 saturated carbocycles. The van der Waals surface area contributed by atoms with Crippen LogP contribution in [0.25, 0.3) is 0 Å². The Morgan fingerprint density at radius 3 is 2.33 bits per heavy atom. The van der Waals surface area contributed by atoms with Gasteiger partial charge < -0.3 is 0 Å². The van der Waals surface area contributed by atoms with Gasteiger partial charge in [-0.1, -0.05) is 13.3 Å². The molecule has 0 amide bonds. The molecule has 2 nitrogen and oxygen atoms in total. The molecule has 0 bridgehead atoms. The first-order valence-corrected chi connectivity index (χ1v) is 5.27. The number of hydrogen-bond donors (Lipinski definition) is 1. The zero-order valence-electron chi connectivity index (χ0n) is 8.64. The SMILES string of the molecule is CCCNN1C(C)CCCC1C. The smallest absolute Gasteiger partial charge is 0.0218 e. The summed E-state index contributed by atoms with van der Waals surface area (Å²) in [6.45, 7) is 7.97. The summed E-state index contributed by atoms with van der Waals surface area (Å²) < 4.78 is 0. The number of piperidine rings is 1. The van der Waals surface area contributed by atoms with Crippen LogP contribution in [0.2, 0.25) is 0 Å². The van der Waals surface area contributed by atoms with Crippen LogP contribution in [0.15, 0.2) is 0 Å². The first-order valence-electron chi connectivity index (χ1n) is 5.27. The molecule has 1 saturated heterocycles. The largest absolute Gasteiger partial charge is 0.255 e. The Hall–Kier alpha value is -0.0800. The Labute approximate surface area is 76.3 Å². The van der Waals surface area contributed by atoms with Crippen LogP contribution in [0, 0.1) is 0 Å². The van der Waals surface area contributed by atoms with E-state index in [1.165, 1.54) is 25.7 Å². The lowest BCUT2D eigenvalue weighted by atomic mass is 10.00. The van der Waals surface area contributed by atoms with Crippen LogP contribution in [0.5, 0.6) is 0 Å². The standard InChI is InChI=1S/C10H22N2/c1-4-8-11-12-9(2)6-5-7-10(12)3/h9-11H,4-8H2,1-3H3. The molecular formula is C10H22N2. The Morgan fingerprint density at radius 1 is 1.25 bits per heavy atom. The quantitative estimate of drug-likeness (QED) is 0.698. The Morgan fingerprint density at radius 2 is 1.83 bits per heavy atom. The minimum Gasteiger partial charge on any atom is -0.255 e. The lowest BCUT2D eigenvalue weighted by Gasteiger charge is -2.39. The molecule has 2 atom stereocenters. The lowest BCUT2D eigenvalue weighted by Crippen LogP contribution is -2.52. The molecule has 1 aliphatic rings. The van der Waals surface area contributed by atoms with E-state index in [1.54, 1.807) is 0 Å². The van der Waals surface area contributed by atoms with Crippen LogP contribution < -0.4 is 5.43 Å². The van der Waals surface area contributed by atoms with Crippen molar-refractivity contribution >= 4 is 0 Å². The Kier molecular flexibility index (Phi) is 4.02. The second-order valence-corrected chi connectivity index (χ2v) is 3.94. The van der Waals surface area contributed by atoms with Crippen molar-refractivity contribution in [2.75, 3.05) is 6.54 Å². The van der Waals surface area contributed by atoms with Crippen LogP contribution in [0.3, 0.4) is 0 Å².